The summed E-state index contributed by atoms with van der Waals surface area (Å²) < 4.78 is 10.8. The molecular formula is C15H21NO4. The summed E-state index contributed by atoms with van der Waals surface area (Å²) in [5, 5.41) is 8.75. The van der Waals surface area contributed by atoms with Crippen LogP contribution in [0.25, 0.3) is 0 Å². The summed E-state index contributed by atoms with van der Waals surface area (Å²) in [5.41, 5.74) is 0.978. The van der Waals surface area contributed by atoms with Gasteiger partial charge in [0, 0.05) is 6.54 Å². The Morgan fingerprint density at radius 1 is 1.35 bits per heavy atom. The van der Waals surface area contributed by atoms with E-state index in [9.17, 15) is 4.79 Å². The van der Waals surface area contributed by atoms with E-state index in [2.05, 4.69) is 0 Å². The number of rotatable bonds is 5. The summed E-state index contributed by atoms with van der Waals surface area (Å²) in [6, 6.07) is 9.62. The largest absolute Gasteiger partial charge is 0.445 e. The third kappa shape index (κ3) is 4.51. The molecule has 0 radical (unpaired) electrons. The number of ether oxygens (including phenoxy) is 2. The molecule has 5 nitrogen and oxygen atoms in total. The van der Waals surface area contributed by atoms with E-state index in [0.717, 1.165) is 18.4 Å². The van der Waals surface area contributed by atoms with Crippen LogP contribution in [0, 0.1) is 0 Å². The summed E-state index contributed by atoms with van der Waals surface area (Å²) in [6.45, 7) is 1.85. The van der Waals surface area contributed by atoms with E-state index < -0.39 is 0 Å². The van der Waals surface area contributed by atoms with Crippen LogP contribution in [0.5, 0.6) is 0 Å². The zero-order valence-corrected chi connectivity index (χ0v) is 11.5. The second-order valence-corrected chi connectivity index (χ2v) is 4.84. The van der Waals surface area contributed by atoms with Crippen LogP contribution in [-0.2, 0) is 16.1 Å². The second kappa shape index (κ2) is 7.87. The average Bonchev–Trinajstić information content (AvgIpc) is 2.52. The Kier molecular flexibility index (Phi) is 5.83. The van der Waals surface area contributed by atoms with E-state index in [1.165, 1.54) is 0 Å². The lowest BCUT2D eigenvalue weighted by Gasteiger charge is -2.31. The van der Waals surface area contributed by atoms with Crippen LogP contribution in [-0.4, -0.2) is 48.5 Å². The van der Waals surface area contributed by atoms with E-state index >= 15 is 0 Å². The van der Waals surface area contributed by atoms with Crippen molar-refractivity contribution in [2.24, 2.45) is 0 Å². The minimum Gasteiger partial charge on any atom is -0.445 e. The van der Waals surface area contributed by atoms with Gasteiger partial charge in [-0.2, -0.15) is 0 Å². The van der Waals surface area contributed by atoms with E-state index in [0.29, 0.717) is 26.3 Å². The monoisotopic (exact) mass is 279 g/mol. The second-order valence-electron chi connectivity index (χ2n) is 4.84. The molecule has 0 aromatic heterocycles. The third-order valence-electron chi connectivity index (χ3n) is 3.29. The van der Waals surface area contributed by atoms with Crippen LogP contribution in [0.1, 0.15) is 18.4 Å². The Morgan fingerprint density at radius 2 is 2.15 bits per heavy atom. The van der Waals surface area contributed by atoms with Gasteiger partial charge >= 0.3 is 6.09 Å². The molecule has 1 aliphatic rings. The van der Waals surface area contributed by atoms with Gasteiger partial charge in [0.1, 0.15) is 6.61 Å². The molecule has 20 heavy (non-hydrogen) atoms. The van der Waals surface area contributed by atoms with Crippen molar-refractivity contribution in [2.45, 2.75) is 25.6 Å². The standard InChI is InChI=1S/C15H21NO4/c17-9-10-19-14-7-4-8-16(11-14)15(18)20-12-13-5-2-1-3-6-13/h1-3,5-6,14,17H,4,7-12H2/t14-/m1/s1. The van der Waals surface area contributed by atoms with Gasteiger partial charge in [0.2, 0.25) is 0 Å². The lowest BCUT2D eigenvalue weighted by molar-refractivity contribution is -0.0154. The van der Waals surface area contributed by atoms with Gasteiger partial charge in [0.15, 0.2) is 0 Å². The molecule has 1 amide bonds. The van der Waals surface area contributed by atoms with Crippen LogP contribution in [0.3, 0.4) is 0 Å². The van der Waals surface area contributed by atoms with E-state index in [4.69, 9.17) is 14.6 Å². The average molecular weight is 279 g/mol. The number of hydrogen-bond acceptors (Lipinski definition) is 4. The molecule has 0 bridgehead atoms. The molecule has 1 saturated heterocycles. The number of benzene rings is 1. The molecule has 0 spiro atoms. The quantitative estimate of drug-likeness (QED) is 0.893. The van der Waals surface area contributed by atoms with Crippen LogP contribution >= 0.6 is 0 Å². The summed E-state index contributed by atoms with van der Waals surface area (Å²) in [6.07, 6.45) is 1.52. The highest BCUT2D eigenvalue weighted by atomic mass is 16.6. The molecule has 1 aromatic rings. The molecule has 1 atom stereocenters. The number of hydrogen-bond donors (Lipinski definition) is 1. The van der Waals surface area contributed by atoms with Gasteiger partial charge in [-0.15, -0.1) is 0 Å². The first-order valence-electron chi connectivity index (χ1n) is 6.97. The molecule has 5 heteroatoms. The van der Waals surface area contributed by atoms with Crippen molar-refractivity contribution in [2.75, 3.05) is 26.3 Å². The van der Waals surface area contributed by atoms with Gasteiger partial charge in [0.25, 0.3) is 0 Å². The lowest BCUT2D eigenvalue weighted by atomic mass is 10.1. The maximum absolute atomic E-state index is 12.0. The van der Waals surface area contributed by atoms with E-state index in [1.54, 1.807) is 4.90 Å². The Balaban J connectivity index is 1.77. The van der Waals surface area contributed by atoms with Crippen molar-refractivity contribution in [3.63, 3.8) is 0 Å². The number of carbonyl (C=O) groups excluding carboxylic acids is 1. The van der Waals surface area contributed by atoms with Gasteiger partial charge in [-0.1, -0.05) is 30.3 Å². The maximum Gasteiger partial charge on any atom is 0.410 e. The molecule has 2 rings (SSSR count). The SMILES string of the molecule is O=C(OCc1ccccc1)N1CCC[C@@H](OCCO)C1. The first-order chi connectivity index (χ1) is 9.79. The minimum absolute atomic E-state index is 0.000162. The minimum atomic E-state index is -0.300. The normalized spacial score (nSPS) is 18.9. The fourth-order valence-corrected chi connectivity index (χ4v) is 2.27. The van der Waals surface area contributed by atoms with Crippen molar-refractivity contribution in [1.82, 2.24) is 4.90 Å². The molecule has 1 fully saturated rings. The smallest absolute Gasteiger partial charge is 0.410 e. The zero-order chi connectivity index (χ0) is 14.2. The van der Waals surface area contributed by atoms with Crippen molar-refractivity contribution >= 4 is 6.09 Å². The highest BCUT2D eigenvalue weighted by molar-refractivity contribution is 5.67. The molecule has 1 aromatic carbocycles. The molecule has 0 saturated carbocycles. The van der Waals surface area contributed by atoms with Crippen molar-refractivity contribution in [3.8, 4) is 0 Å². The number of likely N-dealkylation sites (tertiary alicyclic amines) is 1. The predicted molar refractivity (Wildman–Crippen MR) is 74.3 cm³/mol. The van der Waals surface area contributed by atoms with Crippen molar-refractivity contribution in [1.29, 1.82) is 0 Å². The van der Waals surface area contributed by atoms with E-state index in [1.807, 2.05) is 30.3 Å². The number of aliphatic hydroxyl groups excluding tert-OH is 1. The lowest BCUT2D eigenvalue weighted by Crippen LogP contribution is -2.43. The molecular weight excluding hydrogens is 258 g/mol. The molecule has 1 aliphatic heterocycles. The first kappa shape index (κ1) is 14.8. The number of piperidine rings is 1. The van der Waals surface area contributed by atoms with E-state index in [-0.39, 0.29) is 18.8 Å². The van der Waals surface area contributed by atoms with Crippen LogP contribution < -0.4 is 0 Å². The fraction of sp³-hybridized carbons (Fsp3) is 0.533. The van der Waals surface area contributed by atoms with Gasteiger partial charge in [0.05, 0.1) is 25.9 Å². The van der Waals surface area contributed by atoms with Crippen LogP contribution in [0.4, 0.5) is 4.79 Å². The predicted octanol–water partition coefficient (Wildman–Crippen LogP) is 1.80. The third-order valence-corrected chi connectivity index (χ3v) is 3.29. The summed E-state index contributed by atoms with van der Waals surface area (Å²) in [5.74, 6) is 0. The van der Waals surface area contributed by atoms with Gasteiger partial charge in [-0.05, 0) is 18.4 Å². The fourth-order valence-electron chi connectivity index (χ4n) is 2.27. The number of nitrogens with zero attached hydrogens (tertiary/aromatic N) is 1. The molecule has 110 valence electrons. The highest BCUT2D eigenvalue weighted by Crippen LogP contribution is 2.14. The van der Waals surface area contributed by atoms with Gasteiger partial charge < -0.3 is 19.5 Å². The number of carbonyl (C=O) groups is 1. The zero-order valence-electron chi connectivity index (χ0n) is 11.5. The Hall–Kier alpha value is -1.59. The molecule has 1 N–H and O–H groups in total. The van der Waals surface area contributed by atoms with Gasteiger partial charge in [-0.3, -0.25) is 0 Å². The van der Waals surface area contributed by atoms with Crippen molar-refractivity contribution in [3.05, 3.63) is 35.9 Å². The molecule has 0 unspecified atom stereocenters. The van der Waals surface area contributed by atoms with Crippen LogP contribution in [0.2, 0.25) is 0 Å². The Morgan fingerprint density at radius 3 is 2.90 bits per heavy atom. The molecule has 0 aliphatic carbocycles. The molecule has 1 heterocycles. The van der Waals surface area contributed by atoms with Gasteiger partial charge in [-0.25, -0.2) is 4.79 Å². The topological polar surface area (TPSA) is 59.0 Å². The van der Waals surface area contributed by atoms with Crippen LogP contribution in [0.15, 0.2) is 30.3 Å². The maximum atomic E-state index is 12.0. The first-order valence-corrected chi connectivity index (χ1v) is 6.97. The summed E-state index contributed by atoms with van der Waals surface area (Å²) in [4.78, 5) is 13.7. The Labute approximate surface area is 119 Å². The summed E-state index contributed by atoms with van der Waals surface area (Å²) >= 11 is 0. The highest BCUT2D eigenvalue weighted by Gasteiger charge is 2.24. The van der Waals surface area contributed by atoms with Crippen molar-refractivity contribution < 1.29 is 19.4 Å². The number of amides is 1. The Bertz CT molecular complexity index is 410. The summed E-state index contributed by atoms with van der Waals surface area (Å²) in [7, 11) is 0. The number of aliphatic hydroxyl groups is 1.